The van der Waals surface area contributed by atoms with Gasteiger partial charge in [-0.2, -0.15) is 0 Å². The van der Waals surface area contributed by atoms with E-state index < -0.39 is 5.91 Å². The molecule has 2 amide bonds. The predicted octanol–water partition coefficient (Wildman–Crippen LogP) is 3.67. The normalized spacial score (nSPS) is 10.4. The van der Waals surface area contributed by atoms with Crippen LogP contribution in [-0.2, 0) is 13.0 Å². The smallest absolute Gasteiger partial charge is 0.254 e. The molecular formula is C23H22N2O2. The lowest BCUT2D eigenvalue weighted by Gasteiger charge is -2.23. The van der Waals surface area contributed by atoms with Gasteiger partial charge in [0.25, 0.3) is 5.91 Å². The Morgan fingerprint density at radius 1 is 0.704 bits per heavy atom. The van der Waals surface area contributed by atoms with Crippen molar-refractivity contribution in [2.45, 2.75) is 13.0 Å². The maximum atomic E-state index is 13.1. The number of primary amides is 1. The van der Waals surface area contributed by atoms with Crippen molar-refractivity contribution in [3.63, 3.8) is 0 Å². The van der Waals surface area contributed by atoms with Crippen LogP contribution in [0.4, 0.5) is 0 Å². The van der Waals surface area contributed by atoms with Gasteiger partial charge < -0.3 is 10.6 Å². The summed E-state index contributed by atoms with van der Waals surface area (Å²) in [5.41, 5.74) is 8.48. The van der Waals surface area contributed by atoms with E-state index in [1.165, 1.54) is 5.56 Å². The van der Waals surface area contributed by atoms with Gasteiger partial charge in [-0.1, -0.05) is 60.7 Å². The average molecular weight is 358 g/mol. The molecule has 0 fully saturated rings. The number of benzene rings is 3. The van der Waals surface area contributed by atoms with Crippen LogP contribution in [0.1, 0.15) is 31.8 Å². The van der Waals surface area contributed by atoms with E-state index in [4.69, 9.17) is 5.73 Å². The van der Waals surface area contributed by atoms with Crippen LogP contribution in [-0.4, -0.2) is 23.3 Å². The third kappa shape index (κ3) is 5.05. The summed E-state index contributed by atoms with van der Waals surface area (Å²) in [4.78, 5) is 26.1. The molecule has 0 unspecified atom stereocenters. The second-order valence-corrected chi connectivity index (χ2v) is 6.39. The van der Waals surface area contributed by atoms with Crippen molar-refractivity contribution in [3.8, 4) is 0 Å². The maximum absolute atomic E-state index is 13.1. The minimum Gasteiger partial charge on any atom is -0.366 e. The first-order valence-electron chi connectivity index (χ1n) is 8.90. The molecule has 3 rings (SSSR count). The Balaban J connectivity index is 1.78. The fourth-order valence-corrected chi connectivity index (χ4v) is 2.92. The van der Waals surface area contributed by atoms with Crippen molar-refractivity contribution in [1.82, 2.24) is 4.90 Å². The molecule has 0 bridgehead atoms. The van der Waals surface area contributed by atoms with Crippen molar-refractivity contribution >= 4 is 11.8 Å². The third-order valence-corrected chi connectivity index (χ3v) is 4.43. The summed E-state index contributed by atoms with van der Waals surface area (Å²) in [6, 6.07) is 26.5. The van der Waals surface area contributed by atoms with Crippen molar-refractivity contribution in [2.24, 2.45) is 5.73 Å². The SMILES string of the molecule is NC(=O)c1ccc(C(=O)N(CCc2ccccc2)Cc2ccccc2)cc1. The molecule has 0 aromatic heterocycles. The van der Waals surface area contributed by atoms with Crippen molar-refractivity contribution in [2.75, 3.05) is 6.54 Å². The highest BCUT2D eigenvalue weighted by atomic mass is 16.2. The van der Waals surface area contributed by atoms with Gasteiger partial charge in [-0.3, -0.25) is 9.59 Å². The molecule has 3 aromatic carbocycles. The minimum atomic E-state index is -0.501. The molecule has 0 spiro atoms. The largest absolute Gasteiger partial charge is 0.366 e. The van der Waals surface area contributed by atoms with Crippen molar-refractivity contribution in [3.05, 3.63) is 107 Å². The van der Waals surface area contributed by atoms with Gasteiger partial charge in [0.1, 0.15) is 0 Å². The summed E-state index contributed by atoms with van der Waals surface area (Å²) in [6.07, 6.45) is 0.777. The average Bonchev–Trinajstić information content (AvgIpc) is 2.72. The van der Waals surface area contributed by atoms with Gasteiger partial charge in [0.05, 0.1) is 0 Å². The molecule has 0 aliphatic rings. The van der Waals surface area contributed by atoms with Gasteiger partial charge in [-0.25, -0.2) is 0 Å². The molecule has 3 aromatic rings. The van der Waals surface area contributed by atoms with Crippen LogP contribution in [0, 0.1) is 0 Å². The van der Waals surface area contributed by atoms with Crippen LogP contribution in [0.3, 0.4) is 0 Å². The fraction of sp³-hybridized carbons (Fsp3) is 0.130. The summed E-state index contributed by atoms with van der Waals surface area (Å²) < 4.78 is 0. The van der Waals surface area contributed by atoms with E-state index in [0.29, 0.717) is 24.2 Å². The zero-order valence-electron chi connectivity index (χ0n) is 15.0. The van der Waals surface area contributed by atoms with E-state index in [1.807, 2.05) is 53.4 Å². The van der Waals surface area contributed by atoms with E-state index in [-0.39, 0.29) is 5.91 Å². The Labute approximate surface area is 159 Å². The number of carbonyl (C=O) groups is 2. The Bertz CT molecular complexity index is 891. The maximum Gasteiger partial charge on any atom is 0.254 e. The Kier molecular flexibility index (Phi) is 6.00. The second-order valence-electron chi connectivity index (χ2n) is 6.39. The molecule has 4 heteroatoms. The highest BCUT2D eigenvalue weighted by Crippen LogP contribution is 2.13. The lowest BCUT2D eigenvalue weighted by atomic mass is 10.1. The summed E-state index contributed by atoms with van der Waals surface area (Å²) >= 11 is 0. The Hall–Kier alpha value is -3.40. The summed E-state index contributed by atoms with van der Waals surface area (Å²) in [6.45, 7) is 1.14. The molecule has 4 nitrogen and oxygen atoms in total. The minimum absolute atomic E-state index is 0.0641. The first kappa shape index (κ1) is 18.4. The zero-order chi connectivity index (χ0) is 19.1. The standard InChI is InChI=1S/C23H22N2O2/c24-22(26)20-11-13-21(14-12-20)23(27)25(17-19-9-5-2-6-10-19)16-15-18-7-3-1-4-8-18/h1-14H,15-17H2,(H2,24,26). The van der Waals surface area contributed by atoms with E-state index in [9.17, 15) is 9.59 Å². The van der Waals surface area contributed by atoms with Crippen LogP contribution in [0.25, 0.3) is 0 Å². The molecule has 2 N–H and O–H groups in total. The fourth-order valence-electron chi connectivity index (χ4n) is 2.92. The number of nitrogens with two attached hydrogens (primary N) is 1. The molecule has 0 aliphatic heterocycles. The first-order valence-corrected chi connectivity index (χ1v) is 8.90. The molecule has 0 heterocycles. The lowest BCUT2D eigenvalue weighted by molar-refractivity contribution is 0.0744. The Morgan fingerprint density at radius 3 is 1.78 bits per heavy atom. The molecule has 136 valence electrons. The molecule has 0 saturated carbocycles. The Morgan fingerprint density at radius 2 is 1.22 bits per heavy atom. The molecular weight excluding hydrogens is 336 g/mol. The number of hydrogen-bond acceptors (Lipinski definition) is 2. The van der Waals surface area contributed by atoms with E-state index in [1.54, 1.807) is 24.3 Å². The third-order valence-electron chi connectivity index (χ3n) is 4.43. The van der Waals surface area contributed by atoms with Crippen LogP contribution in [0.15, 0.2) is 84.9 Å². The summed E-state index contributed by atoms with van der Waals surface area (Å²) in [5.74, 6) is -0.565. The summed E-state index contributed by atoms with van der Waals surface area (Å²) in [7, 11) is 0. The molecule has 0 atom stereocenters. The molecule has 27 heavy (non-hydrogen) atoms. The molecule has 0 saturated heterocycles. The highest BCUT2D eigenvalue weighted by molar-refractivity contribution is 5.97. The van der Waals surface area contributed by atoms with Crippen molar-refractivity contribution in [1.29, 1.82) is 0 Å². The van der Waals surface area contributed by atoms with Crippen LogP contribution >= 0.6 is 0 Å². The van der Waals surface area contributed by atoms with Gasteiger partial charge in [0.2, 0.25) is 5.91 Å². The van der Waals surface area contributed by atoms with E-state index in [0.717, 1.165) is 12.0 Å². The number of carbonyl (C=O) groups excluding carboxylic acids is 2. The number of nitrogens with zero attached hydrogens (tertiary/aromatic N) is 1. The number of rotatable bonds is 7. The topological polar surface area (TPSA) is 63.4 Å². The van der Waals surface area contributed by atoms with Crippen molar-refractivity contribution < 1.29 is 9.59 Å². The van der Waals surface area contributed by atoms with Gasteiger partial charge in [0.15, 0.2) is 0 Å². The first-order chi connectivity index (χ1) is 13.1. The monoisotopic (exact) mass is 358 g/mol. The van der Waals surface area contributed by atoms with Crippen LogP contribution in [0.5, 0.6) is 0 Å². The molecule has 0 radical (unpaired) electrons. The highest BCUT2D eigenvalue weighted by Gasteiger charge is 2.16. The van der Waals surface area contributed by atoms with E-state index >= 15 is 0 Å². The summed E-state index contributed by atoms with van der Waals surface area (Å²) in [5, 5.41) is 0. The van der Waals surface area contributed by atoms with Gasteiger partial charge in [-0.05, 0) is 41.8 Å². The zero-order valence-corrected chi connectivity index (χ0v) is 15.0. The number of hydrogen-bond donors (Lipinski definition) is 1. The van der Waals surface area contributed by atoms with Gasteiger partial charge in [0, 0.05) is 24.2 Å². The van der Waals surface area contributed by atoms with Gasteiger partial charge in [-0.15, -0.1) is 0 Å². The van der Waals surface area contributed by atoms with Crippen LogP contribution in [0.2, 0.25) is 0 Å². The molecule has 0 aliphatic carbocycles. The van der Waals surface area contributed by atoms with Gasteiger partial charge >= 0.3 is 0 Å². The second kappa shape index (κ2) is 8.81. The lowest BCUT2D eigenvalue weighted by Crippen LogP contribution is -2.32. The quantitative estimate of drug-likeness (QED) is 0.700. The van der Waals surface area contributed by atoms with E-state index in [2.05, 4.69) is 12.1 Å². The number of amides is 2. The van der Waals surface area contributed by atoms with Crippen LogP contribution < -0.4 is 5.73 Å². The predicted molar refractivity (Wildman–Crippen MR) is 106 cm³/mol.